The molecule has 1 fully saturated rings. The number of anilines is 1. The Morgan fingerprint density at radius 2 is 1.64 bits per heavy atom. The van der Waals surface area contributed by atoms with Crippen LogP contribution in [0.15, 0.2) is 53.3 Å². The average molecular weight is 398 g/mol. The summed E-state index contributed by atoms with van der Waals surface area (Å²) in [6.07, 6.45) is 2.15. The number of unbranched alkanes of at least 4 members (excludes halogenated alkanes) is 1. The number of thiazole rings is 1. The summed E-state index contributed by atoms with van der Waals surface area (Å²) in [4.78, 5) is 17.3. The van der Waals surface area contributed by atoms with Gasteiger partial charge < -0.3 is 9.64 Å². The van der Waals surface area contributed by atoms with Crippen molar-refractivity contribution in [1.29, 1.82) is 0 Å². The van der Waals surface area contributed by atoms with Gasteiger partial charge in [0.1, 0.15) is 5.75 Å². The van der Waals surface area contributed by atoms with Crippen molar-refractivity contribution in [1.82, 2.24) is 9.47 Å². The van der Waals surface area contributed by atoms with Crippen LogP contribution < -0.4 is 14.5 Å². The Hall–Kier alpha value is -2.31. The predicted octanol–water partition coefficient (Wildman–Crippen LogP) is 3.67. The van der Waals surface area contributed by atoms with Gasteiger partial charge in [-0.3, -0.25) is 14.3 Å². The van der Waals surface area contributed by atoms with Gasteiger partial charge in [0.2, 0.25) is 0 Å². The molecule has 2 aromatic carbocycles. The summed E-state index contributed by atoms with van der Waals surface area (Å²) < 4.78 is 8.51. The largest absolute Gasteiger partial charge is 0.495 e. The summed E-state index contributed by atoms with van der Waals surface area (Å²) in [5.74, 6) is 0.949. The number of rotatable bonds is 7. The fourth-order valence-electron chi connectivity index (χ4n) is 3.93. The molecule has 148 valence electrons. The Morgan fingerprint density at radius 3 is 2.46 bits per heavy atom. The number of fused-ring (bicyclic) bond motifs is 1. The first-order valence-electron chi connectivity index (χ1n) is 9.95. The minimum Gasteiger partial charge on any atom is -0.495 e. The molecule has 3 aromatic rings. The van der Waals surface area contributed by atoms with E-state index in [9.17, 15) is 4.79 Å². The molecule has 0 N–H and O–H groups in total. The Morgan fingerprint density at radius 1 is 0.929 bits per heavy atom. The van der Waals surface area contributed by atoms with Crippen molar-refractivity contribution >= 4 is 27.2 Å². The molecule has 0 radical (unpaired) electrons. The zero-order valence-electron chi connectivity index (χ0n) is 16.3. The van der Waals surface area contributed by atoms with Crippen LogP contribution in [-0.2, 0) is 6.54 Å². The quantitative estimate of drug-likeness (QED) is 0.570. The van der Waals surface area contributed by atoms with Crippen molar-refractivity contribution in [3.8, 4) is 5.75 Å². The number of benzene rings is 2. The van der Waals surface area contributed by atoms with Crippen molar-refractivity contribution in [3.63, 3.8) is 0 Å². The van der Waals surface area contributed by atoms with E-state index in [4.69, 9.17) is 4.74 Å². The summed E-state index contributed by atoms with van der Waals surface area (Å²) in [5.41, 5.74) is 2.26. The van der Waals surface area contributed by atoms with E-state index in [1.807, 2.05) is 41.0 Å². The molecule has 0 amide bonds. The number of hydrogen-bond acceptors (Lipinski definition) is 5. The number of aromatic nitrogens is 1. The maximum atomic E-state index is 12.2. The lowest BCUT2D eigenvalue weighted by Gasteiger charge is -2.36. The van der Waals surface area contributed by atoms with Gasteiger partial charge in [-0.25, -0.2) is 0 Å². The minimum atomic E-state index is 0.159. The monoisotopic (exact) mass is 397 g/mol. The molecule has 0 aliphatic carbocycles. The smallest absolute Gasteiger partial charge is 0.308 e. The number of ether oxygens (including phenoxy) is 1. The van der Waals surface area contributed by atoms with Crippen molar-refractivity contribution in [2.45, 2.75) is 19.4 Å². The maximum Gasteiger partial charge on any atom is 0.308 e. The van der Waals surface area contributed by atoms with Crippen molar-refractivity contribution in [3.05, 3.63) is 58.2 Å². The van der Waals surface area contributed by atoms with E-state index in [2.05, 4.69) is 21.9 Å². The number of piperazine rings is 1. The van der Waals surface area contributed by atoms with Crippen LogP contribution in [0, 0.1) is 0 Å². The third-order valence-electron chi connectivity index (χ3n) is 5.48. The molecule has 1 aromatic heterocycles. The van der Waals surface area contributed by atoms with Crippen LogP contribution in [0.3, 0.4) is 0 Å². The van der Waals surface area contributed by atoms with Crippen LogP contribution >= 0.6 is 11.3 Å². The van der Waals surface area contributed by atoms with Crippen molar-refractivity contribution in [2.75, 3.05) is 44.7 Å². The van der Waals surface area contributed by atoms with Crippen LogP contribution in [0.2, 0.25) is 0 Å². The lowest BCUT2D eigenvalue weighted by Crippen LogP contribution is -2.46. The highest BCUT2D eigenvalue weighted by Gasteiger charge is 2.19. The molecule has 1 aliphatic heterocycles. The molecular formula is C22H27N3O2S. The second-order valence-corrected chi connectivity index (χ2v) is 8.19. The van der Waals surface area contributed by atoms with E-state index in [0.29, 0.717) is 0 Å². The summed E-state index contributed by atoms with van der Waals surface area (Å²) in [7, 11) is 1.73. The fourth-order valence-corrected chi connectivity index (χ4v) is 4.85. The zero-order valence-corrected chi connectivity index (χ0v) is 17.2. The van der Waals surface area contributed by atoms with Gasteiger partial charge in [0.25, 0.3) is 0 Å². The second-order valence-electron chi connectivity index (χ2n) is 7.19. The van der Waals surface area contributed by atoms with E-state index >= 15 is 0 Å². The van der Waals surface area contributed by atoms with Crippen LogP contribution in [0.4, 0.5) is 5.69 Å². The molecule has 4 rings (SSSR count). The standard InChI is InChI=1S/C22H27N3O2S/c1-27-20-10-4-2-8-18(20)24-16-14-23(15-17-24)12-6-7-13-25-19-9-3-5-11-21(19)28-22(25)26/h2-5,8-11H,6-7,12-17H2,1H3. The third kappa shape index (κ3) is 4.08. The Bertz CT molecular complexity index is 973. The highest BCUT2D eigenvalue weighted by molar-refractivity contribution is 7.16. The second kappa shape index (κ2) is 8.80. The topological polar surface area (TPSA) is 37.7 Å². The molecular weight excluding hydrogens is 370 g/mol. The van der Waals surface area contributed by atoms with Gasteiger partial charge in [0.05, 0.1) is 23.0 Å². The minimum absolute atomic E-state index is 0.159. The third-order valence-corrected chi connectivity index (χ3v) is 6.44. The molecule has 0 atom stereocenters. The Balaban J connectivity index is 1.25. The summed E-state index contributed by atoms with van der Waals surface area (Å²) in [5, 5.41) is 0. The Kier molecular flexibility index (Phi) is 5.98. The summed E-state index contributed by atoms with van der Waals surface area (Å²) >= 11 is 1.35. The van der Waals surface area contributed by atoms with Gasteiger partial charge in [0.15, 0.2) is 0 Å². The van der Waals surface area contributed by atoms with Crippen LogP contribution in [-0.4, -0.2) is 49.3 Å². The molecule has 6 heteroatoms. The normalized spacial score (nSPS) is 15.2. The molecule has 0 saturated carbocycles. The van der Waals surface area contributed by atoms with Gasteiger partial charge >= 0.3 is 4.87 Å². The van der Waals surface area contributed by atoms with Gasteiger partial charge in [-0.15, -0.1) is 0 Å². The first kappa shape index (κ1) is 19.0. The molecule has 1 saturated heterocycles. The number of nitrogens with zero attached hydrogens (tertiary/aromatic N) is 3. The Labute approximate surface area is 169 Å². The molecule has 0 spiro atoms. The van der Waals surface area contributed by atoms with Crippen molar-refractivity contribution in [2.24, 2.45) is 0 Å². The lowest BCUT2D eigenvalue weighted by atomic mass is 10.2. The predicted molar refractivity (Wildman–Crippen MR) is 117 cm³/mol. The van der Waals surface area contributed by atoms with Gasteiger partial charge in [-0.1, -0.05) is 35.6 Å². The summed E-state index contributed by atoms with van der Waals surface area (Å²) in [6, 6.07) is 16.3. The highest BCUT2D eigenvalue weighted by atomic mass is 32.1. The zero-order chi connectivity index (χ0) is 19.3. The van der Waals surface area contributed by atoms with Gasteiger partial charge in [-0.2, -0.15) is 0 Å². The first-order valence-corrected chi connectivity index (χ1v) is 10.8. The van der Waals surface area contributed by atoms with Crippen LogP contribution in [0.1, 0.15) is 12.8 Å². The first-order chi connectivity index (χ1) is 13.8. The highest BCUT2D eigenvalue weighted by Crippen LogP contribution is 2.28. The molecule has 0 unspecified atom stereocenters. The maximum absolute atomic E-state index is 12.2. The van der Waals surface area contributed by atoms with Crippen molar-refractivity contribution < 1.29 is 4.74 Å². The number of para-hydroxylation sites is 3. The molecule has 1 aliphatic rings. The number of aryl methyl sites for hydroxylation is 1. The van der Waals surface area contributed by atoms with E-state index in [1.54, 1.807) is 7.11 Å². The summed E-state index contributed by atoms with van der Waals surface area (Å²) in [6.45, 7) is 6.09. The SMILES string of the molecule is COc1ccccc1N1CCN(CCCCn2c(=O)sc3ccccc32)CC1. The van der Waals surface area contributed by atoms with E-state index < -0.39 is 0 Å². The van der Waals surface area contributed by atoms with E-state index in [0.717, 1.165) is 68.1 Å². The molecule has 5 nitrogen and oxygen atoms in total. The van der Waals surface area contributed by atoms with Crippen LogP contribution in [0.25, 0.3) is 10.2 Å². The van der Waals surface area contributed by atoms with E-state index in [1.165, 1.54) is 17.0 Å². The molecule has 2 heterocycles. The molecule has 28 heavy (non-hydrogen) atoms. The van der Waals surface area contributed by atoms with Crippen LogP contribution in [0.5, 0.6) is 5.75 Å². The lowest BCUT2D eigenvalue weighted by molar-refractivity contribution is 0.250. The van der Waals surface area contributed by atoms with Gasteiger partial charge in [-0.05, 0) is 43.7 Å². The number of methoxy groups -OCH3 is 1. The van der Waals surface area contributed by atoms with Gasteiger partial charge in [0, 0.05) is 32.7 Å². The fraction of sp³-hybridized carbons (Fsp3) is 0.409. The molecule has 0 bridgehead atoms. The average Bonchev–Trinajstić information content (AvgIpc) is 3.06. The van der Waals surface area contributed by atoms with E-state index in [-0.39, 0.29) is 4.87 Å². The number of hydrogen-bond donors (Lipinski definition) is 0.